The molecular weight excluding hydrogens is 412 g/mol. The van der Waals surface area contributed by atoms with Gasteiger partial charge in [-0.2, -0.15) is 0 Å². The van der Waals surface area contributed by atoms with Gasteiger partial charge in [-0.15, -0.1) is 0 Å². The van der Waals surface area contributed by atoms with Crippen molar-refractivity contribution in [2.45, 2.75) is 28.7 Å². The number of carbonyl (C=O) groups excluding carboxylic acids is 1. The summed E-state index contributed by atoms with van der Waals surface area (Å²) in [6.07, 6.45) is 2.65. The van der Waals surface area contributed by atoms with Gasteiger partial charge in [-0.1, -0.05) is 17.7 Å². The fourth-order valence-corrected chi connectivity index (χ4v) is 4.54. The number of hydrogen-bond donors (Lipinski definition) is 2. The number of rotatable bonds is 6. The van der Waals surface area contributed by atoms with Crippen LogP contribution in [0.1, 0.15) is 23.2 Å². The molecule has 1 amide bonds. The van der Waals surface area contributed by atoms with Gasteiger partial charge in [0, 0.05) is 18.0 Å². The van der Waals surface area contributed by atoms with Crippen LogP contribution in [0.15, 0.2) is 52.3 Å². The molecule has 1 saturated carbocycles. The van der Waals surface area contributed by atoms with Crippen molar-refractivity contribution in [1.29, 1.82) is 0 Å². The minimum atomic E-state index is -3.66. The Morgan fingerprint density at radius 1 is 1.04 bits per heavy atom. The molecular formula is C17H17ClN2O5S2. The molecule has 1 fully saturated rings. The van der Waals surface area contributed by atoms with E-state index in [-0.39, 0.29) is 32.1 Å². The number of anilines is 1. The Hall–Kier alpha value is -1.94. The lowest BCUT2D eigenvalue weighted by molar-refractivity contribution is 0.102. The first-order chi connectivity index (χ1) is 12.6. The lowest BCUT2D eigenvalue weighted by atomic mass is 10.2. The maximum absolute atomic E-state index is 12.5. The summed E-state index contributed by atoms with van der Waals surface area (Å²) in [5, 5.41) is 2.63. The van der Waals surface area contributed by atoms with Crippen molar-refractivity contribution >= 4 is 43.1 Å². The monoisotopic (exact) mass is 428 g/mol. The first-order valence-electron chi connectivity index (χ1n) is 7.99. The molecule has 3 rings (SSSR count). The third-order valence-corrected chi connectivity index (χ3v) is 6.87. The summed E-state index contributed by atoms with van der Waals surface area (Å²) in [6.45, 7) is 0. The van der Waals surface area contributed by atoms with Crippen molar-refractivity contribution in [1.82, 2.24) is 4.72 Å². The number of amides is 1. The maximum Gasteiger partial charge on any atom is 0.257 e. The lowest BCUT2D eigenvalue weighted by Crippen LogP contribution is -2.25. The first kappa shape index (κ1) is 19.8. The molecule has 0 heterocycles. The number of halogens is 1. The highest BCUT2D eigenvalue weighted by atomic mass is 35.5. The number of sulfonamides is 1. The van der Waals surface area contributed by atoms with E-state index < -0.39 is 25.8 Å². The highest BCUT2D eigenvalue weighted by molar-refractivity contribution is 7.90. The zero-order valence-electron chi connectivity index (χ0n) is 14.3. The fourth-order valence-electron chi connectivity index (χ4n) is 2.34. The molecule has 0 atom stereocenters. The van der Waals surface area contributed by atoms with Crippen LogP contribution in [0.5, 0.6) is 0 Å². The van der Waals surface area contributed by atoms with Crippen LogP contribution in [0.25, 0.3) is 0 Å². The summed E-state index contributed by atoms with van der Waals surface area (Å²) in [6, 6.07) is 9.58. The first-order valence-corrected chi connectivity index (χ1v) is 11.7. The average molecular weight is 429 g/mol. The molecule has 144 valence electrons. The number of carbonyl (C=O) groups is 1. The van der Waals surface area contributed by atoms with Gasteiger partial charge in [0.2, 0.25) is 10.0 Å². The van der Waals surface area contributed by atoms with Crippen LogP contribution >= 0.6 is 11.6 Å². The van der Waals surface area contributed by atoms with Crippen LogP contribution in [0.3, 0.4) is 0 Å². The summed E-state index contributed by atoms with van der Waals surface area (Å²) in [7, 11) is -7.17. The molecule has 1 aliphatic carbocycles. The van der Waals surface area contributed by atoms with Crippen molar-refractivity contribution in [3.63, 3.8) is 0 Å². The van der Waals surface area contributed by atoms with E-state index in [1.54, 1.807) is 0 Å². The molecule has 0 radical (unpaired) electrons. The Kier molecular flexibility index (Phi) is 5.31. The van der Waals surface area contributed by atoms with E-state index in [0.29, 0.717) is 0 Å². The van der Waals surface area contributed by atoms with E-state index in [1.165, 1.54) is 42.5 Å². The van der Waals surface area contributed by atoms with Crippen LogP contribution in [-0.4, -0.2) is 35.0 Å². The number of hydrogen-bond acceptors (Lipinski definition) is 5. The predicted octanol–water partition coefficient (Wildman–Crippen LogP) is 2.44. The van der Waals surface area contributed by atoms with E-state index in [1.807, 2.05) is 0 Å². The van der Waals surface area contributed by atoms with Crippen molar-refractivity contribution in [3.8, 4) is 0 Å². The van der Waals surface area contributed by atoms with E-state index in [9.17, 15) is 21.6 Å². The second-order valence-corrected chi connectivity index (χ2v) is 10.4. The third kappa shape index (κ3) is 4.86. The van der Waals surface area contributed by atoms with E-state index in [4.69, 9.17) is 11.6 Å². The standard InChI is InChI=1S/C17H17ClN2O5S2/c1-26(22,23)13-7-8-16(18)15(10-13)17(21)19-12-3-2-4-14(9-12)27(24,25)20-11-5-6-11/h2-4,7-11,20H,5-6H2,1H3,(H,19,21). The van der Waals surface area contributed by atoms with Gasteiger partial charge in [0.15, 0.2) is 9.84 Å². The zero-order chi connectivity index (χ0) is 19.8. The third-order valence-electron chi connectivity index (χ3n) is 3.91. The summed E-state index contributed by atoms with van der Waals surface area (Å²) in [5.41, 5.74) is 0.225. The molecule has 0 unspecified atom stereocenters. The van der Waals surface area contributed by atoms with Gasteiger partial charge in [-0.3, -0.25) is 4.79 Å². The topological polar surface area (TPSA) is 109 Å². The van der Waals surface area contributed by atoms with Gasteiger partial charge in [-0.25, -0.2) is 21.6 Å². The van der Waals surface area contributed by atoms with Crippen LogP contribution in [0.4, 0.5) is 5.69 Å². The van der Waals surface area contributed by atoms with Crippen molar-refractivity contribution in [2.24, 2.45) is 0 Å². The van der Waals surface area contributed by atoms with Crippen molar-refractivity contribution < 1.29 is 21.6 Å². The van der Waals surface area contributed by atoms with Crippen LogP contribution in [-0.2, 0) is 19.9 Å². The molecule has 0 spiro atoms. The molecule has 10 heteroatoms. The number of nitrogens with one attached hydrogen (secondary N) is 2. The summed E-state index contributed by atoms with van der Waals surface area (Å²) >= 11 is 6.01. The Labute approximate surface area is 162 Å². The lowest BCUT2D eigenvalue weighted by Gasteiger charge is -2.10. The van der Waals surface area contributed by atoms with Gasteiger partial charge in [0.25, 0.3) is 5.91 Å². The smallest absolute Gasteiger partial charge is 0.257 e. The fraction of sp³-hybridized carbons (Fsp3) is 0.235. The van der Waals surface area contributed by atoms with Gasteiger partial charge in [-0.05, 0) is 49.2 Å². The quantitative estimate of drug-likeness (QED) is 0.734. The molecule has 0 bridgehead atoms. The van der Waals surface area contributed by atoms with Gasteiger partial charge in [0.05, 0.1) is 20.4 Å². The number of sulfone groups is 1. The average Bonchev–Trinajstić information content (AvgIpc) is 3.37. The van der Waals surface area contributed by atoms with Gasteiger partial charge < -0.3 is 5.32 Å². The largest absolute Gasteiger partial charge is 0.322 e. The van der Waals surface area contributed by atoms with E-state index >= 15 is 0 Å². The summed E-state index contributed by atoms with van der Waals surface area (Å²) in [5.74, 6) is -0.643. The minimum Gasteiger partial charge on any atom is -0.322 e. The maximum atomic E-state index is 12.5. The highest BCUT2D eigenvalue weighted by Gasteiger charge is 2.28. The molecule has 27 heavy (non-hydrogen) atoms. The Bertz CT molecular complexity index is 1110. The van der Waals surface area contributed by atoms with Crippen LogP contribution in [0.2, 0.25) is 5.02 Å². The minimum absolute atomic E-state index is 0.0241. The zero-order valence-corrected chi connectivity index (χ0v) is 16.7. The van der Waals surface area contributed by atoms with Crippen LogP contribution in [0, 0.1) is 0 Å². The Morgan fingerprint density at radius 3 is 2.37 bits per heavy atom. The molecule has 0 saturated heterocycles. The predicted molar refractivity (Wildman–Crippen MR) is 102 cm³/mol. The van der Waals surface area contributed by atoms with Crippen LogP contribution < -0.4 is 10.0 Å². The SMILES string of the molecule is CS(=O)(=O)c1ccc(Cl)c(C(=O)Nc2cccc(S(=O)(=O)NC3CC3)c2)c1. The van der Waals surface area contributed by atoms with E-state index in [2.05, 4.69) is 10.0 Å². The summed E-state index contributed by atoms with van der Waals surface area (Å²) < 4.78 is 50.5. The number of benzene rings is 2. The van der Waals surface area contributed by atoms with E-state index in [0.717, 1.165) is 19.1 Å². The molecule has 2 N–H and O–H groups in total. The highest BCUT2D eigenvalue weighted by Crippen LogP contribution is 2.25. The molecule has 2 aromatic carbocycles. The Morgan fingerprint density at radius 2 is 1.74 bits per heavy atom. The van der Waals surface area contributed by atoms with Crippen molar-refractivity contribution in [3.05, 3.63) is 53.1 Å². The molecule has 7 nitrogen and oxygen atoms in total. The normalized spacial score (nSPS) is 14.7. The molecule has 0 aromatic heterocycles. The molecule has 2 aromatic rings. The second kappa shape index (κ2) is 7.23. The Balaban J connectivity index is 1.85. The van der Waals surface area contributed by atoms with Gasteiger partial charge in [0.1, 0.15) is 0 Å². The second-order valence-electron chi connectivity index (χ2n) is 6.29. The summed E-state index contributed by atoms with van der Waals surface area (Å²) in [4.78, 5) is 12.5. The molecule has 0 aliphatic heterocycles. The van der Waals surface area contributed by atoms with Crippen molar-refractivity contribution in [2.75, 3.05) is 11.6 Å². The van der Waals surface area contributed by atoms with Gasteiger partial charge >= 0.3 is 0 Å². The molecule has 1 aliphatic rings.